The standard InChI is InChI=1S/C17H24N2O2/c1-12(2)13-5-7-14(8-6-13)17-18-10-16(20)19(17)15-4-3-9-21-11-15/h5-8,12,15,17-18H,3-4,9-11H2,1-2H3. The summed E-state index contributed by atoms with van der Waals surface area (Å²) in [7, 11) is 0. The van der Waals surface area contributed by atoms with Crippen LogP contribution in [-0.4, -0.2) is 36.6 Å². The number of ether oxygens (including phenoxy) is 1. The molecular formula is C17H24N2O2. The fourth-order valence-electron chi connectivity index (χ4n) is 3.22. The van der Waals surface area contributed by atoms with E-state index in [9.17, 15) is 4.79 Å². The van der Waals surface area contributed by atoms with Crippen molar-refractivity contribution in [1.29, 1.82) is 0 Å². The molecule has 4 nitrogen and oxygen atoms in total. The summed E-state index contributed by atoms with van der Waals surface area (Å²) in [5.74, 6) is 0.712. The summed E-state index contributed by atoms with van der Waals surface area (Å²) in [5.41, 5.74) is 2.49. The van der Waals surface area contributed by atoms with Crippen LogP contribution < -0.4 is 5.32 Å². The molecule has 2 heterocycles. The highest BCUT2D eigenvalue weighted by atomic mass is 16.5. The zero-order chi connectivity index (χ0) is 14.8. The van der Waals surface area contributed by atoms with Gasteiger partial charge in [0, 0.05) is 6.61 Å². The Labute approximate surface area is 126 Å². The minimum absolute atomic E-state index is 0.00888. The largest absolute Gasteiger partial charge is 0.379 e. The summed E-state index contributed by atoms with van der Waals surface area (Å²) in [4.78, 5) is 14.2. The second kappa shape index (κ2) is 6.16. The van der Waals surface area contributed by atoms with Gasteiger partial charge in [0.05, 0.1) is 19.2 Å². The number of nitrogens with one attached hydrogen (secondary N) is 1. The number of carbonyl (C=O) groups excluding carboxylic acids is 1. The molecule has 2 aliphatic rings. The van der Waals surface area contributed by atoms with E-state index >= 15 is 0 Å². The molecule has 114 valence electrons. The van der Waals surface area contributed by atoms with E-state index in [4.69, 9.17) is 4.74 Å². The predicted octanol–water partition coefficient (Wildman–Crippen LogP) is 2.42. The fraction of sp³-hybridized carbons (Fsp3) is 0.588. The first-order valence-electron chi connectivity index (χ1n) is 7.89. The molecule has 1 aromatic rings. The molecule has 4 heteroatoms. The summed E-state index contributed by atoms with van der Waals surface area (Å²) in [5, 5.41) is 3.34. The van der Waals surface area contributed by atoms with Crippen LogP contribution in [-0.2, 0) is 9.53 Å². The van der Waals surface area contributed by atoms with Gasteiger partial charge in [0.25, 0.3) is 0 Å². The van der Waals surface area contributed by atoms with Crippen molar-refractivity contribution >= 4 is 5.91 Å². The Balaban J connectivity index is 1.80. The molecule has 0 saturated carbocycles. The number of carbonyl (C=O) groups is 1. The molecule has 3 rings (SSSR count). The molecule has 0 aromatic heterocycles. The molecule has 2 unspecified atom stereocenters. The molecular weight excluding hydrogens is 264 g/mol. The maximum Gasteiger partial charge on any atom is 0.238 e. The molecule has 2 aliphatic heterocycles. The van der Waals surface area contributed by atoms with Crippen LogP contribution in [0.4, 0.5) is 0 Å². The molecule has 2 atom stereocenters. The predicted molar refractivity (Wildman–Crippen MR) is 82.0 cm³/mol. The van der Waals surface area contributed by atoms with Crippen LogP contribution in [0.5, 0.6) is 0 Å². The molecule has 21 heavy (non-hydrogen) atoms. The number of amides is 1. The maximum atomic E-state index is 12.2. The topological polar surface area (TPSA) is 41.6 Å². The van der Waals surface area contributed by atoms with Crippen LogP contribution in [0.3, 0.4) is 0 Å². The van der Waals surface area contributed by atoms with Crippen LogP contribution in [0, 0.1) is 0 Å². The Morgan fingerprint density at radius 3 is 2.67 bits per heavy atom. The smallest absolute Gasteiger partial charge is 0.238 e. The van der Waals surface area contributed by atoms with Gasteiger partial charge in [-0.25, -0.2) is 0 Å². The van der Waals surface area contributed by atoms with Crippen LogP contribution in [0.15, 0.2) is 24.3 Å². The second-order valence-corrected chi connectivity index (χ2v) is 6.28. The highest BCUT2D eigenvalue weighted by Gasteiger charge is 2.37. The lowest BCUT2D eigenvalue weighted by Crippen LogP contribution is -2.44. The van der Waals surface area contributed by atoms with E-state index < -0.39 is 0 Å². The normalized spacial score (nSPS) is 26.6. The Morgan fingerprint density at radius 2 is 2.05 bits per heavy atom. The third kappa shape index (κ3) is 2.97. The van der Waals surface area contributed by atoms with Crippen molar-refractivity contribution < 1.29 is 9.53 Å². The van der Waals surface area contributed by atoms with Gasteiger partial charge in [-0.15, -0.1) is 0 Å². The first kappa shape index (κ1) is 14.5. The average Bonchev–Trinajstić information content (AvgIpc) is 2.90. The van der Waals surface area contributed by atoms with E-state index in [0.29, 0.717) is 19.1 Å². The van der Waals surface area contributed by atoms with Gasteiger partial charge in [-0.05, 0) is 29.9 Å². The van der Waals surface area contributed by atoms with E-state index in [1.165, 1.54) is 5.56 Å². The molecule has 0 bridgehead atoms. The summed E-state index contributed by atoms with van der Waals surface area (Å²) < 4.78 is 5.56. The Bertz CT molecular complexity index is 492. The lowest BCUT2D eigenvalue weighted by molar-refractivity contribution is -0.133. The minimum Gasteiger partial charge on any atom is -0.379 e. The third-order valence-electron chi connectivity index (χ3n) is 4.46. The number of hydrogen-bond donors (Lipinski definition) is 1. The van der Waals surface area contributed by atoms with Gasteiger partial charge >= 0.3 is 0 Å². The van der Waals surface area contributed by atoms with E-state index in [1.807, 2.05) is 4.90 Å². The molecule has 0 aliphatic carbocycles. The van der Waals surface area contributed by atoms with Crippen LogP contribution in [0.25, 0.3) is 0 Å². The molecule has 0 radical (unpaired) electrons. The number of rotatable bonds is 3. The second-order valence-electron chi connectivity index (χ2n) is 6.28. The lowest BCUT2D eigenvalue weighted by atomic mass is 10.00. The van der Waals surface area contributed by atoms with Gasteiger partial charge in [-0.3, -0.25) is 10.1 Å². The monoisotopic (exact) mass is 288 g/mol. The zero-order valence-electron chi connectivity index (χ0n) is 12.8. The van der Waals surface area contributed by atoms with Crippen molar-refractivity contribution in [1.82, 2.24) is 10.2 Å². The zero-order valence-corrected chi connectivity index (χ0v) is 12.8. The van der Waals surface area contributed by atoms with Gasteiger partial charge in [0.15, 0.2) is 0 Å². The lowest BCUT2D eigenvalue weighted by Gasteiger charge is -2.35. The summed E-state index contributed by atoms with van der Waals surface area (Å²) in [6.45, 7) is 6.29. The molecule has 1 amide bonds. The molecule has 1 aromatic carbocycles. The molecule has 2 fully saturated rings. The summed E-state index contributed by atoms with van der Waals surface area (Å²) in [6, 6.07) is 8.82. The van der Waals surface area contributed by atoms with Crippen molar-refractivity contribution in [3.63, 3.8) is 0 Å². The third-order valence-corrected chi connectivity index (χ3v) is 4.46. The average molecular weight is 288 g/mol. The minimum atomic E-state index is -0.00888. The van der Waals surface area contributed by atoms with Crippen LogP contribution in [0.1, 0.15) is 49.9 Å². The van der Waals surface area contributed by atoms with E-state index in [2.05, 4.69) is 43.4 Å². The number of hydrogen-bond acceptors (Lipinski definition) is 3. The van der Waals surface area contributed by atoms with Gasteiger partial charge in [0.2, 0.25) is 5.91 Å². The first-order chi connectivity index (χ1) is 10.2. The van der Waals surface area contributed by atoms with Crippen molar-refractivity contribution in [2.45, 2.75) is 44.8 Å². The van der Waals surface area contributed by atoms with Gasteiger partial charge in [-0.2, -0.15) is 0 Å². The summed E-state index contributed by atoms with van der Waals surface area (Å²) in [6.07, 6.45) is 2.06. The van der Waals surface area contributed by atoms with Crippen molar-refractivity contribution in [2.24, 2.45) is 0 Å². The van der Waals surface area contributed by atoms with Gasteiger partial charge in [-0.1, -0.05) is 38.1 Å². The number of nitrogens with zero attached hydrogens (tertiary/aromatic N) is 1. The molecule has 0 spiro atoms. The summed E-state index contributed by atoms with van der Waals surface area (Å²) >= 11 is 0. The van der Waals surface area contributed by atoms with E-state index in [1.54, 1.807) is 0 Å². The van der Waals surface area contributed by atoms with Crippen molar-refractivity contribution in [3.05, 3.63) is 35.4 Å². The fourth-order valence-corrected chi connectivity index (χ4v) is 3.22. The Hall–Kier alpha value is -1.39. The SMILES string of the molecule is CC(C)c1ccc(C2NCC(=O)N2C2CCCOC2)cc1. The van der Waals surface area contributed by atoms with Crippen LogP contribution in [0.2, 0.25) is 0 Å². The maximum absolute atomic E-state index is 12.2. The Kier molecular flexibility index (Phi) is 4.27. The molecule has 2 saturated heterocycles. The quantitative estimate of drug-likeness (QED) is 0.928. The highest BCUT2D eigenvalue weighted by molar-refractivity contribution is 5.81. The molecule has 1 N–H and O–H groups in total. The van der Waals surface area contributed by atoms with E-state index in [-0.39, 0.29) is 18.1 Å². The van der Waals surface area contributed by atoms with Crippen LogP contribution >= 0.6 is 0 Å². The van der Waals surface area contributed by atoms with Gasteiger partial charge < -0.3 is 9.64 Å². The first-order valence-corrected chi connectivity index (χ1v) is 7.89. The van der Waals surface area contributed by atoms with Crippen molar-refractivity contribution in [3.8, 4) is 0 Å². The number of benzene rings is 1. The highest BCUT2D eigenvalue weighted by Crippen LogP contribution is 2.29. The van der Waals surface area contributed by atoms with E-state index in [0.717, 1.165) is 25.0 Å². The van der Waals surface area contributed by atoms with Gasteiger partial charge in [0.1, 0.15) is 6.17 Å². The Morgan fingerprint density at radius 1 is 1.29 bits per heavy atom. The van der Waals surface area contributed by atoms with Crippen molar-refractivity contribution in [2.75, 3.05) is 19.8 Å².